The standard InChI is InChI=1S/C54H34N2OS/c1-2-10-39(11-3-1)56-49-15-7-4-12-43(49)44-29-22-37(32-50(44)56)35-18-24-40(25-19-35)55(42-28-31-46-45-13-5-8-16-51(45)57-52(46)34-42)41-26-20-36(21-27-41)38-23-30-48-47-14-6-9-17-53(47)58-54(48)33-38/h1-34H. The molecular formula is C54H34N2OS. The van der Waals surface area contributed by atoms with Gasteiger partial charge in [-0.15, -0.1) is 11.3 Å². The van der Waals surface area contributed by atoms with E-state index in [9.17, 15) is 0 Å². The zero-order valence-corrected chi connectivity index (χ0v) is 32.2. The summed E-state index contributed by atoms with van der Waals surface area (Å²) in [6.07, 6.45) is 0. The number of thiophene rings is 1. The summed E-state index contributed by atoms with van der Waals surface area (Å²) in [5, 5.41) is 7.39. The lowest BCUT2D eigenvalue weighted by atomic mass is 10.0. The zero-order valence-electron chi connectivity index (χ0n) is 31.3. The SMILES string of the molecule is c1ccc(-n2c3ccccc3c3ccc(-c4ccc(N(c5ccc(-c6ccc7c(c6)sc6ccccc67)cc5)c5ccc6c(c5)oc5ccccc56)cc4)cc32)cc1. The second kappa shape index (κ2) is 13.1. The van der Waals surface area contributed by atoms with Crippen LogP contribution in [-0.2, 0) is 0 Å². The minimum Gasteiger partial charge on any atom is -0.456 e. The van der Waals surface area contributed by atoms with E-state index in [-0.39, 0.29) is 0 Å². The van der Waals surface area contributed by atoms with E-state index in [2.05, 4.69) is 204 Å². The van der Waals surface area contributed by atoms with Crippen molar-refractivity contribution in [3.8, 4) is 27.9 Å². The van der Waals surface area contributed by atoms with Gasteiger partial charge < -0.3 is 13.9 Å². The predicted octanol–water partition coefficient (Wildman–Crippen LogP) is 15.9. The maximum absolute atomic E-state index is 6.40. The number of benzene rings is 9. The van der Waals surface area contributed by atoms with E-state index >= 15 is 0 Å². The number of hydrogen-bond acceptors (Lipinski definition) is 3. The van der Waals surface area contributed by atoms with Gasteiger partial charge in [-0.1, -0.05) is 121 Å². The first-order valence-electron chi connectivity index (χ1n) is 19.7. The van der Waals surface area contributed by atoms with Gasteiger partial charge in [0.2, 0.25) is 0 Å². The molecule has 0 spiro atoms. The van der Waals surface area contributed by atoms with Gasteiger partial charge in [0, 0.05) is 70.5 Å². The molecule has 0 radical (unpaired) electrons. The van der Waals surface area contributed by atoms with Gasteiger partial charge in [0.25, 0.3) is 0 Å². The van der Waals surface area contributed by atoms with Gasteiger partial charge in [-0.25, -0.2) is 0 Å². The summed E-state index contributed by atoms with van der Waals surface area (Å²) in [5.41, 5.74) is 13.2. The Morgan fingerprint density at radius 1 is 0.345 bits per heavy atom. The largest absolute Gasteiger partial charge is 0.456 e. The molecule has 58 heavy (non-hydrogen) atoms. The van der Waals surface area contributed by atoms with Crippen LogP contribution in [0.25, 0.3) is 91.9 Å². The maximum Gasteiger partial charge on any atom is 0.137 e. The Balaban J connectivity index is 0.952. The molecule has 0 bridgehead atoms. The quantitative estimate of drug-likeness (QED) is 0.168. The molecule has 12 rings (SSSR count). The molecule has 0 fully saturated rings. The highest BCUT2D eigenvalue weighted by atomic mass is 32.1. The number of fused-ring (bicyclic) bond motifs is 9. The van der Waals surface area contributed by atoms with Crippen LogP contribution < -0.4 is 4.90 Å². The number of anilines is 3. The molecule has 0 unspecified atom stereocenters. The van der Waals surface area contributed by atoms with E-state index in [1.54, 1.807) is 0 Å². The fourth-order valence-electron chi connectivity index (χ4n) is 8.82. The normalized spacial score (nSPS) is 11.8. The number of para-hydroxylation sites is 3. The topological polar surface area (TPSA) is 21.3 Å². The second-order valence-electron chi connectivity index (χ2n) is 14.9. The first-order valence-corrected chi connectivity index (χ1v) is 20.5. The van der Waals surface area contributed by atoms with E-state index in [1.807, 2.05) is 23.5 Å². The minimum absolute atomic E-state index is 0.871. The molecule has 3 aromatic heterocycles. The van der Waals surface area contributed by atoms with Gasteiger partial charge in [0.15, 0.2) is 0 Å². The molecule has 0 aliphatic heterocycles. The number of nitrogens with zero attached hydrogens (tertiary/aromatic N) is 2. The Morgan fingerprint density at radius 2 is 0.879 bits per heavy atom. The molecule has 272 valence electrons. The highest BCUT2D eigenvalue weighted by Crippen LogP contribution is 2.42. The van der Waals surface area contributed by atoms with Crippen LogP contribution in [-0.4, -0.2) is 4.57 Å². The van der Waals surface area contributed by atoms with Crippen molar-refractivity contribution >= 4 is 92.3 Å². The van der Waals surface area contributed by atoms with Gasteiger partial charge in [0.1, 0.15) is 11.2 Å². The average molecular weight is 759 g/mol. The fourth-order valence-corrected chi connectivity index (χ4v) is 9.96. The zero-order chi connectivity index (χ0) is 38.2. The molecule has 0 saturated carbocycles. The van der Waals surface area contributed by atoms with Crippen LogP contribution in [0, 0.1) is 0 Å². The molecule has 0 saturated heterocycles. The molecule has 12 aromatic rings. The Hall–Kier alpha value is -7.40. The van der Waals surface area contributed by atoms with Crippen LogP contribution in [0.5, 0.6) is 0 Å². The lowest BCUT2D eigenvalue weighted by Gasteiger charge is -2.26. The second-order valence-corrected chi connectivity index (χ2v) is 16.0. The van der Waals surface area contributed by atoms with Gasteiger partial charge in [-0.2, -0.15) is 0 Å². The maximum atomic E-state index is 6.40. The lowest BCUT2D eigenvalue weighted by molar-refractivity contribution is 0.669. The lowest BCUT2D eigenvalue weighted by Crippen LogP contribution is -2.09. The summed E-state index contributed by atoms with van der Waals surface area (Å²) in [7, 11) is 0. The van der Waals surface area contributed by atoms with Crippen LogP contribution in [0.4, 0.5) is 17.1 Å². The predicted molar refractivity (Wildman–Crippen MR) is 247 cm³/mol. The van der Waals surface area contributed by atoms with E-state index in [0.717, 1.165) is 50.3 Å². The van der Waals surface area contributed by atoms with Crippen molar-refractivity contribution in [2.45, 2.75) is 0 Å². The summed E-state index contributed by atoms with van der Waals surface area (Å²) in [4.78, 5) is 2.33. The summed E-state index contributed by atoms with van der Waals surface area (Å²) < 4.78 is 11.4. The summed E-state index contributed by atoms with van der Waals surface area (Å²) in [5.74, 6) is 0. The van der Waals surface area contributed by atoms with Crippen LogP contribution in [0.2, 0.25) is 0 Å². The Kier molecular flexibility index (Phi) is 7.40. The summed E-state index contributed by atoms with van der Waals surface area (Å²) in [6.45, 7) is 0. The van der Waals surface area contributed by atoms with Crippen molar-refractivity contribution < 1.29 is 4.42 Å². The van der Waals surface area contributed by atoms with Crippen LogP contribution >= 0.6 is 11.3 Å². The van der Waals surface area contributed by atoms with Crippen molar-refractivity contribution in [1.29, 1.82) is 0 Å². The van der Waals surface area contributed by atoms with E-state index in [4.69, 9.17) is 4.42 Å². The average Bonchev–Trinajstić information content (AvgIpc) is 3.96. The van der Waals surface area contributed by atoms with Crippen LogP contribution in [0.15, 0.2) is 211 Å². The van der Waals surface area contributed by atoms with Crippen molar-refractivity contribution in [3.63, 3.8) is 0 Å². The van der Waals surface area contributed by atoms with E-state index in [0.29, 0.717) is 0 Å². The minimum atomic E-state index is 0.871. The summed E-state index contributed by atoms with van der Waals surface area (Å²) >= 11 is 1.86. The monoisotopic (exact) mass is 758 g/mol. The molecule has 0 aliphatic carbocycles. The Labute approximate surface area is 338 Å². The first kappa shape index (κ1) is 32.8. The molecule has 0 N–H and O–H groups in total. The molecule has 0 atom stereocenters. The van der Waals surface area contributed by atoms with Crippen LogP contribution in [0.1, 0.15) is 0 Å². The third kappa shape index (κ3) is 5.27. The first-order chi connectivity index (χ1) is 28.7. The van der Waals surface area contributed by atoms with E-state index < -0.39 is 0 Å². The fraction of sp³-hybridized carbons (Fsp3) is 0. The van der Waals surface area contributed by atoms with Gasteiger partial charge in [-0.05, 0) is 101 Å². The van der Waals surface area contributed by atoms with Crippen molar-refractivity contribution in [1.82, 2.24) is 4.57 Å². The highest BCUT2D eigenvalue weighted by molar-refractivity contribution is 7.25. The molecular weight excluding hydrogens is 725 g/mol. The number of furan rings is 1. The van der Waals surface area contributed by atoms with Crippen molar-refractivity contribution in [2.75, 3.05) is 4.90 Å². The molecule has 3 nitrogen and oxygen atoms in total. The Morgan fingerprint density at radius 3 is 1.66 bits per heavy atom. The van der Waals surface area contributed by atoms with Crippen LogP contribution in [0.3, 0.4) is 0 Å². The summed E-state index contributed by atoms with van der Waals surface area (Å²) in [6, 6.07) is 74.4. The molecule has 3 heterocycles. The molecule has 0 aliphatic rings. The highest BCUT2D eigenvalue weighted by Gasteiger charge is 2.18. The van der Waals surface area contributed by atoms with E-state index in [1.165, 1.54) is 58.7 Å². The molecule has 9 aromatic carbocycles. The molecule has 0 amide bonds. The van der Waals surface area contributed by atoms with Gasteiger partial charge in [0.05, 0.1) is 11.0 Å². The third-order valence-corrected chi connectivity index (χ3v) is 12.7. The van der Waals surface area contributed by atoms with Gasteiger partial charge >= 0.3 is 0 Å². The third-order valence-electron chi connectivity index (χ3n) is 11.6. The van der Waals surface area contributed by atoms with Crippen molar-refractivity contribution in [2.24, 2.45) is 0 Å². The Bertz CT molecular complexity index is 3500. The smallest absolute Gasteiger partial charge is 0.137 e. The molecule has 4 heteroatoms. The van der Waals surface area contributed by atoms with Crippen molar-refractivity contribution in [3.05, 3.63) is 206 Å². The number of rotatable bonds is 6. The number of hydrogen-bond donors (Lipinski definition) is 0. The number of aromatic nitrogens is 1. The van der Waals surface area contributed by atoms with Gasteiger partial charge in [-0.3, -0.25) is 0 Å².